The van der Waals surface area contributed by atoms with Gasteiger partial charge in [-0.05, 0) is 48.0 Å². The normalized spacial score (nSPS) is 17.9. The number of carbonyl (C=O) groups excluding carboxylic acids is 1. The van der Waals surface area contributed by atoms with Gasteiger partial charge in [-0.1, -0.05) is 36.4 Å². The van der Waals surface area contributed by atoms with E-state index in [4.69, 9.17) is 4.74 Å². The number of nitriles is 1. The summed E-state index contributed by atoms with van der Waals surface area (Å²) in [5.41, 5.74) is 3.30. The van der Waals surface area contributed by atoms with Crippen LogP contribution in [0.3, 0.4) is 0 Å². The van der Waals surface area contributed by atoms with Crippen LogP contribution >= 0.6 is 11.8 Å². The van der Waals surface area contributed by atoms with Gasteiger partial charge in [0.1, 0.15) is 12.1 Å². The first-order valence-corrected chi connectivity index (χ1v) is 10.7. The van der Waals surface area contributed by atoms with E-state index in [0.29, 0.717) is 19.6 Å². The van der Waals surface area contributed by atoms with Crippen LogP contribution in [0.4, 0.5) is 0 Å². The Bertz CT molecular complexity index is 807. The maximum Gasteiger partial charge on any atom is 0.251 e. The molecule has 0 bridgehead atoms. The summed E-state index contributed by atoms with van der Waals surface area (Å²) < 4.78 is 5.56. The molecule has 2 N–H and O–H groups in total. The van der Waals surface area contributed by atoms with E-state index in [-0.39, 0.29) is 5.91 Å². The van der Waals surface area contributed by atoms with Gasteiger partial charge in [0.2, 0.25) is 0 Å². The smallest absolute Gasteiger partial charge is 0.251 e. The summed E-state index contributed by atoms with van der Waals surface area (Å²) in [7, 11) is 0. The van der Waals surface area contributed by atoms with E-state index in [1.807, 2.05) is 12.1 Å². The van der Waals surface area contributed by atoms with Crippen molar-refractivity contribution in [3.63, 3.8) is 0 Å². The fourth-order valence-corrected chi connectivity index (χ4v) is 3.54. The first-order chi connectivity index (χ1) is 13.7. The van der Waals surface area contributed by atoms with Crippen LogP contribution in [0.2, 0.25) is 0 Å². The summed E-state index contributed by atoms with van der Waals surface area (Å²) in [6, 6.07) is 18.2. The van der Waals surface area contributed by atoms with Crippen LogP contribution in [0, 0.1) is 11.3 Å². The maximum atomic E-state index is 12.4. The molecule has 6 heteroatoms. The molecule has 0 unspecified atom stereocenters. The van der Waals surface area contributed by atoms with Gasteiger partial charge in [0.25, 0.3) is 5.91 Å². The third-order valence-electron chi connectivity index (χ3n) is 4.73. The Balaban J connectivity index is 1.59. The zero-order chi connectivity index (χ0) is 19.8. The maximum absolute atomic E-state index is 12.4. The van der Waals surface area contributed by atoms with Crippen molar-refractivity contribution in [3.05, 3.63) is 54.1 Å². The Morgan fingerprint density at radius 1 is 1.25 bits per heavy atom. The van der Waals surface area contributed by atoms with Gasteiger partial charge < -0.3 is 15.4 Å². The molecule has 146 valence electrons. The van der Waals surface area contributed by atoms with E-state index in [0.717, 1.165) is 29.7 Å². The number of ether oxygens (including phenoxy) is 1. The van der Waals surface area contributed by atoms with Gasteiger partial charge in [0.15, 0.2) is 0 Å². The minimum atomic E-state index is -0.578. The average Bonchev–Trinajstić information content (AvgIpc) is 3.03. The summed E-state index contributed by atoms with van der Waals surface area (Å²) in [4.78, 5) is 13.6. The predicted molar refractivity (Wildman–Crippen MR) is 112 cm³/mol. The fraction of sp³-hybridized carbons (Fsp3) is 0.364. The fourth-order valence-electron chi connectivity index (χ4n) is 3.13. The molecule has 0 saturated carbocycles. The summed E-state index contributed by atoms with van der Waals surface area (Å²) in [5, 5.41) is 15.4. The molecule has 1 saturated heterocycles. The molecular formula is C22H25N3O2S. The minimum Gasteiger partial charge on any atom is -0.367 e. The lowest BCUT2D eigenvalue weighted by Gasteiger charge is -2.18. The molecule has 2 aromatic rings. The lowest BCUT2D eigenvalue weighted by Crippen LogP contribution is -2.46. The second-order valence-corrected chi connectivity index (χ2v) is 7.62. The number of amides is 1. The summed E-state index contributed by atoms with van der Waals surface area (Å²) in [5.74, 6) is -0.230. The number of hydrogen-bond acceptors (Lipinski definition) is 5. The average molecular weight is 396 g/mol. The third-order valence-corrected chi connectivity index (χ3v) is 5.47. The van der Waals surface area contributed by atoms with Crippen molar-refractivity contribution >= 4 is 17.7 Å². The molecule has 2 atom stereocenters. The van der Waals surface area contributed by atoms with Crippen LogP contribution in [0.5, 0.6) is 0 Å². The van der Waals surface area contributed by atoms with Crippen LogP contribution in [0.25, 0.3) is 11.1 Å². The van der Waals surface area contributed by atoms with Crippen molar-refractivity contribution in [2.24, 2.45) is 0 Å². The highest BCUT2D eigenvalue weighted by atomic mass is 32.2. The Hall–Kier alpha value is -2.33. The van der Waals surface area contributed by atoms with Crippen molar-refractivity contribution < 1.29 is 9.53 Å². The zero-order valence-electron chi connectivity index (χ0n) is 16.0. The summed E-state index contributed by atoms with van der Waals surface area (Å²) >= 11 is 1.72. The number of nitrogens with zero attached hydrogens (tertiary/aromatic N) is 1. The molecule has 0 spiro atoms. The first kappa shape index (κ1) is 20.4. The van der Waals surface area contributed by atoms with E-state index >= 15 is 0 Å². The lowest BCUT2D eigenvalue weighted by atomic mass is 10.0. The molecular weight excluding hydrogens is 370 g/mol. The first-order valence-electron chi connectivity index (χ1n) is 9.45. The molecule has 5 nitrogen and oxygen atoms in total. The largest absolute Gasteiger partial charge is 0.367 e. The molecule has 0 aromatic heterocycles. The van der Waals surface area contributed by atoms with Gasteiger partial charge in [-0.15, -0.1) is 11.8 Å². The van der Waals surface area contributed by atoms with Crippen molar-refractivity contribution in [3.8, 4) is 17.2 Å². The van der Waals surface area contributed by atoms with Gasteiger partial charge in [-0.25, -0.2) is 0 Å². The molecule has 28 heavy (non-hydrogen) atoms. The third kappa shape index (κ3) is 5.59. The molecule has 1 fully saturated rings. The van der Waals surface area contributed by atoms with Gasteiger partial charge in [-0.2, -0.15) is 5.26 Å². The number of rotatable bonds is 6. The number of benzene rings is 2. The molecule has 2 aromatic carbocycles. The Morgan fingerprint density at radius 2 is 1.93 bits per heavy atom. The van der Waals surface area contributed by atoms with E-state index < -0.39 is 12.1 Å². The quantitative estimate of drug-likeness (QED) is 0.736. The SMILES string of the molecule is CSc1ccc(-c2ccc(C[C@@H](C#N)NC(=O)[C@@H]3CNCCCO3)cc2)cc1. The van der Waals surface area contributed by atoms with Crippen LogP contribution in [-0.4, -0.2) is 44.0 Å². The molecule has 0 aliphatic carbocycles. The second kappa shape index (κ2) is 10.3. The van der Waals surface area contributed by atoms with Gasteiger partial charge >= 0.3 is 0 Å². The van der Waals surface area contributed by atoms with E-state index in [1.165, 1.54) is 4.90 Å². The lowest BCUT2D eigenvalue weighted by molar-refractivity contribution is -0.132. The topological polar surface area (TPSA) is 74.2 Å². The van der Waals surface area contributed by atoms with Gasteiger partial charge in [0.05, 0.1) is 6.07 Å². The van der Waals surface area contributed by atoms with E-state index in [1.54, 1.807) is 11.8 Å². The molecule has 3 rings (SSSR count). The number of thioether (sulfide) groups is 1. The van der Waals surface area contributed by atoms with Crippen LogP contribution < -0.4 is 10.6 Å². The minimum absolute atomic E-state index is 0.230. The van der Waals surface area contributed by atoms with Crippen LogP contribution in [-0.2, 0) is 16.0 Å². The highest BCUT2D eigenvalue weighted by Gasteiger charge is 2.23. The van der Waals surface area contributed by atoms with Crippen LogP contribution in [0.1, 0.15) is 12.0 Å². The summed E-state index contributed by atoms with van der Waals surface area (Å²) in [6.45, 7) is 1.88. The monoisotopic (exact) mass is 395 g/mol. The van der Waals surface area contributed by atoms with Gasteiger partial charge in [-0.3, -0.25) is 4.79 Å². The summed E-state index contributed by atoms with van der Waals surface area (Å²) in [6.07, 6.45) is 2.88. The highest BCUT2D eigenvalue weighted by Crippen LogP contribution is 2.23. The van der Waals surface area contributed by atoms with Gasteiger partial charge in [0, 0.05) is 24.5 Å². The van der Waals surface area contributed by atoms with Crippen molar-refractivity contribution in [2.45, 2.75) is 29.9 Å². The van der Waals surface area contributed by atoms with Crippen LogP contribution in [0.15, 0.2) is 53.4 Å². The molecule has 0 radical (unpaired) electrons. The standard InChI is InChI=1S/C22H25N3O2S/c1-28-20-9-7-18(8-10-20)17-5-3-16(4-6-17)13-19(14-23)25-22(26)21-15-24-11-2-12-27-21/h3-10,19,21,24H,2,11-13,15H2,1H3,(H,25,26)/t19-,21-/m0/s1. The Morgan fingerprint density at radius 3 is 2.57 bits per heavy atom. The number of hydrogen-bond donors (Lipinski definition) is 2. The molecule has 1 heterocycles. The Labute approximate surface area is 170 Å². The van der Waals surface area contributed by atoms with Crippen molar-refractivity contribution in [1.82, 2.24) is 10.6 Å². The van der Waals surface area contributed by atoms with E-state index in [9.17, 15) is 10.1 Å². The van der Waals surface area contributed by atoms with Crippen molar-refractivity contribution in [1.29, 1.82) is 5.26 Å². The molecule has 1 aliphatic heterocycles. The van der Waals surface area contributed by atoms with E-state index in [2.05, 4.69) is 59.4 Å². The number of nitrogens with one attached hydrogen (secondary N) is 2. The second-order valence-electron chi connectivity index (χ2n) is 6.74. The van der Waals surface area contributed by atoms with Crippen molar-refractivity contribution in [2.75, 3.05) is 26.0 Å². The highest BCUT2D eigenvalue weighted by molar-refractivity contribution is 7.98. The molecule has 1 aliphatic rings. The zero-order valence-corrected chi connectivity index (χ0v) is 16.8. The number of carbonyl (C=O) groups is 1. The Kier molecular flexibility index (Phi) is 7.49. The predicted octanol–water partition coefficient (Wildman–Crippen LogP) is 3.00. The molecule has 1 amide bonds.